The Bertz CT molecular complexity index is 1920. The first-order valence-electron chi connectivity index (χ1n) is 17.8. The number of pyridine rings is 1. The molecule has 1 atom stereocenters. The summed E-state index contributed by atoms with van der Waals surface area (Å²) >= 11 is 0. The zero-order valence-electron chi connectivity index (χ0n) is 32.2. The molecular weight excluding hydrogens is 583 g/mol. The average Bonchev–Trinajstić information content (AvgIpc) is 3.41. The van der Waals surface area contributed by atoms with Gasteiger partial charge in [0.15, 0.2) is 11.1 Å². The van der Waals surface area contributed by atoms with Crippen LogP contribution >= 0.6 is 0 Å². The zero-order valence-corrected chi connectivity index (χ0v) is 32.2. The summed E-state index contributed by atoms with van der Waals surface area (Å²) in [5.74, 6) is 2.00. The number of hydrogen-bond acceptors (Lipinski definition) is 0. The standard InChI is InChI=1S/C45H59N3/c1-30(2)35-22-19-23-36(31(3)4)41(35)48-27-26-46(13)42(48)45(12,38-25-18-16-21-33(38)6)40-29-34(43(7,8)9)28-39(47(40)14)44(10,11)37-24-17-15-20-32(37)5/h15-31H,1-14H3/q+2. The summed E-state index contributed by atoms with van der Waals surface area (Å²) in [7, 11) is 4.52. The van der Waals surface area contributed by atoms with Gasteiger partial charge < -0.3 is 0 Å². The first-order valence-corrected chi connectivity index (χ1v) is 17.8. The van der Waals surface area contributed by atoms with E-state index in [0.717, 1.165) is 0 Å². The maximum absolute atomic E-state index is 2.52. The Morgan fingerprint density at radius 3 is 1.62 bits per heavy atom. The second-order valence-electron chi connectivity index (χ2n) is 16.4. The maximum atomic E-state index is 2.52. The Balaban J connectivity index is 1.98. The Labute approximate surface area is 291 Å². The van der Waals surface area contributed by atoms with Crippen LogP contribution in [0.25, 0.3) is 5.69 Å². The molecule has 2 aromatic heterocycles. The van der Waals surface area contributed by atoms with E-state index in [9.17, 15) is 0 Å². The van der Waals surface area contributed by atoms with Gasteiger partial charge in [-0.1, -0.05) is 115 Å². The van der Waals surface area contributed by atoms with Crippen molar-refractivity contribution in [3.05, 3.63) is 147 Å². The molecule has 0 saturated carbocycles. The number of aromatic nitrogens is 3. The van der Waals surface area contributed by atoms with Crippen molar-refractivity contribution in [2.75, 3.05) is 0 Å². The van der Waals surface area contributed by atoms with Crippen LogP contribution in [0, 0.1) is 13.8 Å². The van der Waals surface area contributed by atoms with Gasteiger partial charge in [-0.25, -0.2) is 9.13 Å². The SMILES string of the molecule is Cc1ccccc1C(C)(C)c1cc(C(C)(C)C)cc(C(C)(c2ccccc2C)c2n(-c3c(C(C)C)cccc3C(C)C)cc[n+]2C)[n+]1C. The summed E-state index contributed by atoms with van der Waals surface area (Å²) in [6.45, 7) is 28.1. The molecule has 48 heavy (non-hydrogen) atoms. The molecule has 0 saturated heterocycles. The van der Waals surface area contributed by atoms with Gasteiger partial charge in [-0.2, -0.15) is 4.57 Å². The predicted molar refractivity (Wildman–Crippen MR) is 201 cm³/mol. The molecule has 0 fully saturated rings. The number of imidazole rings is 1. The maximum Gasteiger partial charge on any atom is 0.282 e. The molecular formula is C45H59N3+2. The second-order valence-corrected chi connectivity index (χ2v) is 16.4. The van der Waals surface area contributed by atoms with Gasteiger partial charge in [-0.15, -0.1) is 0 Å². The predicted octanol–water partition coefficient (Wildman–Crippen LogP) is 9.97. The van der Waals surface area contributed by atoms with Crippen LogP contribution in [-0.4, -0.2) is 4.57 Å². The number of rotatable bonds is 8. The smallest absolute Gasteiger partial charge is 0.235 e. The zero-order chi connectivity index (χ0) is 35.3. The Morgan fingerprint density at radius 2 is 1.12 bits per heavy atom. The fraction of sp³-hybridized carbons (Fsp3) is 0.422. The summed E-state index contributed by atoms with van der Waals surface area (Å²) in [5.41, 5.74) is 12.5. The van der Waals surface area contributed by atoms with Crippen LogP contribution in [0.3, 0.4) is 0 Å². The lowest BCUT2D eigenvalue weighted by molar-refractivity contribution is -0.702. The van der Waals surface area contributed by atoms with Crippen LogP contribution in [0.2, 0.25) is 0 Å². The van der Waals surface area contributed by atoms with Gasteiger partial charge in [-0.05, 0) is 79.7 Å². The molecule has 1 unspecified atom stereocenters. The molecule has 0 aliphatic carbocycles. The quantitative estimate of drug-likeness (QED) is 0.150. The lowest BCUT2D eigenvalue weighted by Crippen LogP contribution is -2.54. The molecule has 3 aromatic carbocycles. The molecule has 2 heterocycles. The highest BCUT2D eigenvalue weighted by molar-refractivity contribution is 5.55. The number of para-hydroxylation sites is 1. The minimum atomic E-state index is -0.519. The normalized spacial score (nSPS) is 13.8. The molecule has 0 aliphatic rings. The molecule has 252 valence electrons. The Hall–Kier alpha value is -3.98. The summed E-state index contributed by atoms with van der Waals surface area (Å²) in [6, 6.07) is 29.7. The van der Waals surface area contributed by atoms with Crippen molar-refractivity contribution in [1.29, 1.82) is 0 Å². The van der Waals surface area contributed by atoms with Crippen molar-refractivity contribution in [1.82, 2.24) is 4.57 Å². The Morgan fingerprint density at radius 1 is 0.625 bits per heavy atom. The third-order valence-corrected chi connectivity index (χ3v) is 10.9. The van der Waals surface area contributed by atoms with Gasteiger partial charge in [-0.3, -0.25) is 0 Å². The van der Waals surface area contributed by atoms with E-state index in [4.69, 9.17) is 0 Å². The van der Waals surface area contributed by atoms with Gasteiger partial charge in [0, 0.05) is 23.3 Å². The van der Waals surface area contributed by atoms with Crippen LogP contribution in [0.1, 0.15) is 137 Å². The lowest BCUT2D eigenvalue weighted by Gasteiger charge is -2.32. The molecule has 3 heteroatoms. The van der Waals surface area contributed by atoms with E-state index in [1.165, 1.54) is 61.8 Å². The Kier molecular flexibility index (Phi) is 9.42. The number of benzene rings is 3. The topological polar surface area (TPSA) is 12.7 Å². The van der Waals surface area contributed by atoms with Crippen LogP contribution < -0.4 is 9.13 Å². The molecule has 0 aliphatic heterocycles. The molecule has 0 radical (unpaired) electrons. The van der Waals surface area contributed by atoms with E-state index in [-0.39, 0.29) is 10.8 Å². The van der Waals surface area contributed by atoms with Crippen molar-refractivity contribution >= 4 is 0 Å². The lowest BCUT2D eigenvalue weighted by atomic mass is 9.72. The van der Waals surface area contributed by atoms with E-state index in [1.54, 1.807) is 0 Å². The van der Waals surface area contributed by atoms with Crippen LogP contribution in [0.4, 0.5) is 0 Å². The first-order chi connectivity index (χ1) is 22.4. The molecule has 5 aromatic rings. The van der Waals surface area contributed by atoms with E-state index in [1.807, 2.05) is 0 Å². The molecule has 0 amide bonds. The first kappa shape index (κ1) is 35.3. The third kappa shape index (κ3) is 5.95. The average molecular weight is 642 g/mol. The molecule has 3 nitrogen and oxygen atoms in total. The van der Waals surface area contributed by atoms with Gasteiger partial charge in [0.25, 0.3) is 5.82 Å². The summed E-state index contributed by atoms with van der Waals surface area (Å²) in [6.07, 6.45) is 4.55. The number of aryl methyl sites for hydroxylation is 3. The third-order valence-electron chi connectivity index (χ3n) is 10.9. The van der Waals surface area contributed by atoms with E-state index in [0.29, 0.717) is 11.8 Å². The van der Waals surface area contributed by atoms with Crippen molar-refractivity contribution < 1.29 is 9.13 Å². The van der Waals surface area contributed by atoms with E-state index < -0.39 is 5.41 Å². The largest absolute Gasteiger partial charge is 0.282 e. The monoisotopic (exact) mass is 641 g/mol. The summed E-state index contributed by atoms with van der Waals surface area (Å²) < 4.78 is 7.40. The van der Waals surface area contributed by atoms with Crippen molar-refractivity contribution in [2.45, 2.75) is 111 Å². The fourth-order valence-electron chi connectivity index (χ4n) is 8.13. The van der Waals surface area contributed by atoms with Gasteiger partial charge in [0.1, 0.15) is 25.1 Å². The van der Waals surface area contributed by atoms with Crippen molar-refractivity contribution in [3.63, 3.8) is 0 Å². The minimum Gasteiger partial charge on any atom is -0.235 e. The van der Waals surface area contributed by atoms with E-state index in [2.05, 4.69) is 202 Å². The highest BCUT2D eigenvalue weighted by Gasteiger charge is 2.51. The molecule has 0 bridgehead atoms. The van der Waals surface area contributed by atoms with Crippen LogP contribution in [-0.2, 0) is 30.3 Å². The summed E-state index contributed by atoms with van der Waals surface area (Å²) in [5, 5.41) is 0. The number of hydrogen-bond donors (Lipinski definition) is 0. The van der Waals surface area contributed by atoms with Gasteiger partial charge in [0.2, 0.25) is 5.69 Å². The van der Waals surface area contributed by atoms with Crippen molar-refractivity contribution in [2.24, 2.45) is 14.1 Å². The van der Waals surface area contributed by atoms with E-state index >= 15 is 0 Å². The van der Waals surface area contributed by atoms with Crippen LogP contribution in [0.15, 0.2) is 91.3 Å². The molecule has 5 rings (SSSR count). The van der Waals surface area contributed by atoms with Gasteiger partial charge >= 0.3 is 0 Å². The molecule has 0 spiro atoms. The second kappa shape index (κ2) is 12.8. The highest BCUT2D eigenvalue weighted by atomic mass is 15.2. The van der Waals surface area contributed by atoms with Crippen LogP contribution in [0.5, 0.6) is 0 Å². The van der Waals surface area contributed by atoms with Gasteiger partial charge in [0.05, 0.1) is 12.5 Å². The fourth-order valence-corrected chi connectivity index (χ4v) is 8.13. The summed E-state index contributed by atoms with van der Waals surface area (Å²) in [4.78, 5) is 0. The number of nitrogens with zero attached hydrogens (tertiary/aromatic N) is 3. The van der Waals surface area contributed by atoms with Crippen molar-refractivity contribution in [3.8, 4) is 5.69 Å². The highest BCUT2D eigenvalue weighted by Crippen LogP contribution is 2.43. The molecule has 0 N–H and O–H groups in total. The minimum absolute atomic E-state index is 0.0501.